The summed E-state index contributed by atoms with van der Waals surface area (Å²) < 4.78 is 16.1. The minimum Gasteiger partial charge on any atom is -0.493 e. The summed E-state index contributed by atoms with van der Waals surface area (Å²) in [6.45, 7) is 7.83. The molecule has 1 atom stereocenters. The van der Waals surface area contributed by atoms with Gasteiger partial charge in [-0.2, -0.15) is 0 Å². The van der Waals surface area contributed by atoms with Crippen molar-refractivity contribution in [2.45, 2.75) is 33.8 Å². The van der Waals surface area contributed by atoms with Gasteiger partial charge in [0.15, 0.2) is 17.6 Å². The molecule has 0 aliphatic heterocycles. The van der Waals surface area contributed by atoms with Gasteiger partial charge in [0.1, 0.15) is 0 Å². The third-order valence-corrected chi connectivity index (χ3v) is 3.86. The molecule has 1 rings (SSSR count). The fourth-order valence-electron chi connectivity index (χ4n) is 2.24. The van der Waals surface area contributed by atoms with Gasteiger partial charge in [-0.3, -0.25) is 10.1 Å². The van der Waals surface area contributed by atoms with E-state index in [1.165, 1.54) is 13.2 Å². The smallest absolute Gasteiger partial charge is 0.331 e. The van der Waals surface area contributed by atoms with Crippen molar-refractivity contribution in [2.24, 2.45) is 17.6 Å². The Bertz CT molecular complexity index is 776. The summed E-state index contributed by atoms with van der Waals surface area (Å²) >= 11 is 6.28. The molecule has 160 valence electrons. The molecule has 0 radical (unpaired) electrons. The molecule has 3 amide bonds. The Hall–Kier alpha value is -2.74. The van der Waals surface area contributed by atoms with Crippen LogP contribution in [0, 0.1) is 11.8 Å². The van der Waals surface area contributed by atoms with Crippen LogP contribution in [-0.4, -0.2) is 37.7 Å². The molecule has 1 aromatic carbocycles. The number of amides is 3. The van der Waals surface area contributed by atoms with Gasteiger partial charge in [0.25, 0.3) is 5.91 Å². The Balaban J connectivity index is 2.93. The van der Waals surface area contributed by atoms with Crippen LogP contribution in [0.15, 0.2) is 18.2 Å². The summed E-state index contributed by atoms with van der Waals surface area (Å²) in [5.41, 5.74) is 5.50. The second kappa shape index (κ2) is 11.3. The van der Waals surface area contributed by atoms with Crippen molar-refractivity contribution in [2.75, 3.05) is 13.7 Å². The lowest BCUT2D eigenvalue weighted by atomic mass is 10.1. The van der Waals surface area contributed by atoms with Gasteiger partial charge in [-0.1, -0.05) is 39.3 Å². The predicted octanol–water partition coefficient (Wildman–Crippen LogP) is 3.16. The average Bonchev–Trinajstić information content (AvgIpc) is 2.61. The van der Waals surface area contributed by atoms with Gasteiger partial charge in [0.2, 0.25) is 0 Å². The molecule has 0 saturated carbocycles. The number of imide groups is 1. The Labute approximate surface area is 175 Å². The van der Waals surface area contributed by atoms with Crippen molar-refractivity contribution in [1.29, 1.82) is 0 Å². The second-order valence-electron chi connectivity index (χ2n) is 7.03. The van der Waals surface area contributed by atoms with Gasteiger partial charge in [0, 0.05) is 6.08 Å². The molecule has 0 bridgehead atoms. The van der Waals surface area contributed by atoms with Crippen LogP contribution in [0.25, 0.3) is 6.08 Å². The van der Waals surface area contributed by atoms with Crippen LogP contribution in [0.1, 0.15) is 33.3 Å². The molecule has 1 aromatic rings. The van der Waals surface area contributed by atoms with Gasteiger partial charge in [0.05, 0.1) is 18.7 Å². The number of methoxy groups -OCH3 is 1. The van der Waals surface area contributed by atoms with E-state index in [2.05, 4.69) is 0 Å². The van der Waals surface area contributed by atoms with Crippen LogP contribution in [-0.2, 0) is 14.3 Å². The molecule has 0 heterocycles. The maximum Gasteiger partial charge on any atom is 0.331 e. The lowest BCUT2D eigenvalue weighted by Gasteiger charge is -2.18. The van der Waals surface area contributed by atoms with E-state index < -0.39 is 24.0 Å². The maximum absolute atomic E-state index is 12.1. The third kappa shape index (κ3) is 8.03. The van der Waals surface area contributed by atoms with E-state index in [1.54, 1.807) is 26.0 Å². The Morgan fingerprint density at radius 2 is 1.86 bits per heavy atom. The second-order valence-corrected chi connectivity index (χ2v) is 7.43. The van der Waals surface area contributed by atoms with E-state index >= 15 is 0 Å². The fourth-order valence-corrected chi connectivity index (χ4v) is 2.51. The number of carbonyl (C=O) groups excluding carboxylic acids is 3. The first-order chi connectivity index (χ1) is 13.5. The number of primary amides is 1. The molecule has 29 heavy (non-hydrogen) atoms. The Morgan fingerprint density at radius 1 is 1.21 bits per heavy atom. The number of nitrogens with one attached hydrogen (secondary N) is 1. The van der Waals surface area contributed by atoms with Gasteiger partial charge < -0.3 is 19.9 Å². The quantitative estimate of drug-likeness (QED) is 0.462. The number of carbonyl (C=O) groups is 3. The lowest BCUT2D eigenvalue weighted by molar-refractivity contribution is -0.153. The van der Waals surface area contributed by atoms with E-state index in [1.807, 2.05) is 19.2 Å². The van der Waals surface area contributed by atoms with Crippen LogP contribution in [0.2, 0.25) is 5.02 Å². The zero-order valence-electron chi connectivity index (χ0n) is 17.2. The minimum atomic E-state index is -1.16. The summed E-state index contributed by atoms with van der Waals surface area (Å²) in [7, 11) is 1.49. The molecular formula is C20H27ClN2O6. The topological polar surface area (TPSA) is 117 Å². The van der Waals surface area contributed by atoms with Crippen LogP contribution in [0.3, 0.4) is 0 Å². The van der Waals surface area contributed by atoms with Crippen molar-refractivity contribution >= 4 is 35.6 Å². The molecular weight excluding hydrogens is 400 g/mol. The predicted molar refractivity (Wildman–Crippen MR) is 110 cm³/mol. The van der Waals surface area contributed by atoms with E-state index in [-0.39, 0.29) is 5.92 Å². The number of halogens is 1. The van der Waals surface area contributed by atoms with Crippen molar-refractivity contribution < 1.29 is 28.6 Å². The summed E-state index contributed by atoms with van der Waals surface area (Å²) in [5, 5.41) is 2.23. The fraction of sp³-hybridized carbons (Fsp3) is 0.450. The number of ether oxygens (including phenoxy) is 3. The highest BCUT2D eigenvalue weighted by Crippen LogP contribution is 2.37. The van der Waals surface area contributed by atoms with Crippen molar-refractivity contribution in [3.8, 4) is 11.5 Å². The van der Waals surface area contributed by atoms with Gasteiger partial charge in [-0.15, -0.1) is 0 Å². The molecule has 0 spiro atoms. The average molecular weight is 427 g/mol. The normalized spacial score (nSPS) is 12.1. The van der Waals surface area contributed by atoms with E-state index in [0.717, 1.165) is 6.08 Å². The highest BCUT2D eigenvalue weighted by atomic mass is 35.5. The Morgan fingerprint density at radius 3 is 2.38 bits per heavy atom. The summed E-state index contributed by atoms with van der Waals surface area (Å²) in [6.07, 6.45) is 1.45. The zero-order valence-corrected chi connectivity index (χ0v) is 17.9. The SMILES string of the molecule is COc1cc(/C=C/C(=O)O[C@H](C(=O)NC(N)=O)C(C)C)cc(Cl)c1OCC(C)C. The first-order valence-electron chi connectivity index (χ1n) is 9.04. The molecule has 0 aliphatic carbocycles. The standard InChI is InChI=1S/C20H27ClN2O6/c1-11(2)10-28-18-14(21)8-13(9-15(18)27-5)6-7-16(24)29-17(12(3)4)19(25)23-20(22)26/h6-9,11-12,17H,10H2,1-5H3,(H3,22,23,25,26)/b7-6+/t17-/m0/s1. The van der Waals surface area contributed by atoms with Crippen LogP contribution in [0.4, 0.5) is 4.79 Å². The first kappa shape index (κ1) is 24.3. The van der Waals surface area contributed by atoms with Crippen molar-refractivity contribution in [3.05, 3.63) is 28.8 Å². The van der Waals surface area contributed by atoms with Crippen LogP contribution < -0.4 is 20.5 Å². The molecule has 0 aromatic heterocycles. The van der Waals surface area contributed by atoms with Crippen molar-refractivity contribution in [1.82, 2.24) is 5.32 Å². The van der Waals surface area contributed by atoms with Gasteiger partial charge >= 0.3 is 12.0 Å². The molecule has 0 saturated heterocycles. The van der Waals surface area contributed by atoms with E-state index in [9.17, 15) is 14.4 Å². The molecule has 8 nitrogen and oxygen atoms in total. The molecule has 0 aliphatic rings. The maximum atomic E-state index is 12.1. The Kier molecular flexibility index (Phi) is 9.47. The van der Waals surface area contributed by atoms with Crippen molar-refractivity contribution in [3.63, 3.8) is 0 Å². The number of hydrogen-bond acceptors (Lipinski definition) is 6. The van der Waals surface area contributed by atoms with Gasteiger partial charge in [-0.25, -0.2) is 9.59 Å². The highest BCUT2D eigenvalue weighted by molar-refractivity contribution is 6.32. The summed E-state index contributed by atoms with van der Waals surface area (Å²) in [6, 6.07) is 2.25. The summed E-state index contributed by atoms with van der Waals surface area (Å²) in [5.74, 6) is -0.758. The minimum absolute atomic E-state index is 0.311. The largest absolute Gasteiger partial charge is 0.493 e. The van der Waals surface area contributed by atoms with E-state index in [4.69, 9.17) is 31.5 Å². The number of hydrogen-bond donors (Lipinski definition) is 2. The molecule has 0 fully saturated rings. The number of nitrogens with two attached hydrogens (primary N) is 1. The van der Waals surface area contributed by atoms with Gasteiger partial charge in [-0.05, 0) is 35.6 Å². The first-order valence-corrected chi connectivity index (χ1v) is 9.42. The number of rotatable bonds is 9. The summed E-state index contributed by atoms with van der Waals surface area (Å²) in [4.78, 5) is 34.9. The number of urea groups is 1. The van der Waals surface area contributed by atoms with Crippen LogP contribution >= 0.6 is 11.6 Å². The number of esters is 1. The monoisotopic (exact) mass is 426 g/mol. The third-order valence-electron chi connectivity index (χ3n) is 3.58. The number of benzene rings is 1. The van der Waals surface area contributed by atoms with E-state index in [0.29, 0.717) is 34.6 Å². The highest BCUT2D eigenvalue weighted by Gasteiger charge is 2.26. The molecule has 3 N–H and O–H groups in total. The zero-order chi connectivity index (χ0) is 22.1. The molecule has 0 unspecified atom stereocenters. The molecule has 9 heteroatoms. The lowest BCUT2D eigenvalue weighted by Crippen LogP contribution is -2.45. The van der Waals surface area contributed by atoms with Crippen LogP contribution in [0.5, 0.6) is 11.5 Å².